The summed E-state index contributed by atoms with van der Waals surface area (Å²) in [6.07, 6.45) is -3.17. The fraction of sp³-hybridized carbons (Fsp3) is 0.900. The van der Waals surface area contributed by atoms with Crippen molar-refractivity contribution in [1.29, 1.82) is 0 Å². The van der Waals surface area contributed by atoms with Crippen LogP contribution in [0.1, 0.15) is 19.8 Å². The number of rotatable bonds is 10. The summed E-state index contributed by atoms with van der Waals surface area (Å²) in [6, 6.07) is 0. The molecule has 0 aliphatic rings. The molecule has 3 atom stereocenters. The molecule has 0 aliphatic carbocycles. The fourth-order valence-corrected chi connectivity index (χ4v) is 1.04. The summed E-state index contributed by atoms with van der Waals surface area (Å²) >= 11 is 0. The largest absolute Gasteiger partial charge is 0.394 e. The maximum absolute atomic E-state index is 11.3. The minimum atomic E-state index is -1.77. The van der Waals surface area contributed by atoms with E-state index >= 15 is 0 Å². The third-order valence-electron chi connectivity index (χ3n) is 2.18. The predicted octanol–water partition coefficient (Wildman–Crippen LogP) is -2.05. The van der Waals surface area contributed by atoms with Crippen LogP contribution in [0.3, 0.4) is 0 Å². The molecule has 7 nitrogen and oxygen atoms in total. The Morgan fingerprint density at radius 2 is 2.00 bits per heavy atom. The lowest BCUT2D eigenvalue weighted by Crippen LogP contribution is -2.45. The highest BCUT2D eigenvalue weighted by Gasteiger charge is 2.29. The first kappa shape index (κ1) is 16.4. The van der Waals surface area contributed by atoms with Crippen molar-refractivity contribution in [2.75, 3.05) is 19.8 Å². The highest BCUT2D eigenvalue weighted by molar-refractivity contribution is 5.84. The number of unbranched alkanes of at least 4 members (excludes halogenated alkanes) is 1. The molecule has 0 rings (SSSR count). The molecule has 0 radical (unpaired) electrons. The number of carbonyl (C=O) groups excluding carboxylic acids is 1. The van der Waals surface area contributed by atoms with Gasteiger partial charge in [-0.25, -0.2) is 5.48 Å². The van der Waals surface area contributed by atoms with Gasteiger partial charge in [0.2, 0.25) is 0 Å². The molecule has 7 heteroatoms. The van der Waals surface area contributed by atoms with Gasteiger partial charge in [0.1, 0.15) is 24.9 Å². The van der Waals surface area contributed by atoms with Gasteiger partial charge in [0.05, 0.1) is 6.61 Å². The highest BCUT2D eigenvalue weighted by Crippen LogP contribution is 2.01. The molecule has 102 valence electrons. The summed E-state index contributed by atoms with van der Waals surface area (Å²) in [5, 5.41) is 36.1. The fourth-order valence-electron chi connectivity index (χ4n) is 1.04. The van der Waals surface area contributed by atoms with Crippen LogP contribution in [0.25, 0.3) is 0 Å². The van der Waals surface area contributed by atoms with Gasteiger partial charge in [-0.1, -0.05) is 13.3 Å². The molecule has 17 heavy (non-hydrogen) atoms. The van der Waals surface area contributed by atoms with Crippen molar-refractivity contribution in [3.63, 3.8) is 0 Å². The van der Waals surface area contributed by atoms with Crippen LogP contribution < -0.4 is 5.48 Å². The first-order valence-electron chi connectivity index (χ1n) is 5.57. The van der Waals surface area contributed by atoms with Crippen LogP contribution in [0.5, 0.6) is 0 Å². The van der Waals surface area contributed by atoms with E-state index in [1.807, 2.05) is 6.92 Å². The van der Waals surface area contributed by atoms with E-state index in [-0.39, 0.29) is 0 Å². The number of aliphatic hydroxyl groups is 4. The molecule has 0 aromatic heterocycles. The second kappa shape index (κ2) is 9.46. The van der Waals surface area contributed by atoms with Crippen LogP contribution in [0.4, 0.5) is 0 Å². The molecule has 5 N–H and O–H groups in total. The molecule has 0 unspecified atom stereocenters. The predicted molar refractivity (Wildman–Crippen MR) is 59.0 cm³/mol. The zero-order valence-electron chi connectivity index (χ0n) is 9.87. The summed E-state index contributed by atoms with van der Waals surface area (Å²) in [5.74, 6) is -0.769. The zero-order chi connectivity index (χ0) is 13.3. The lowest BCUT2D eigenvalue weighted by atomic mass is 10.1. The third kappa shape index (κ3) is 6.67. The zero-order valence-corrected chi connectivity index (χ0v) is 9.87. The number of aliphatic hydroxyl groups excluding tert-OH is 4. The Morgan fingerprint density at radius 3 is 2.53 bits per heavy atom. The molecule has 0 aromatic carbocycles. The molecular weight excluding hydrogens is 230 g/mol. The van der Waals surface area contributed by atoms with E-state index in [1.165, 1.54) is 0 Å². The van der Waals surface area contributed by atoms with Crippen LogP contribution >= 0.6 is 0 Å². The van der Waals surface area contributed by atoms with Crippen LogP contribution in [-0.2, 0) is 9.63 Å². The molecule has 0 saturated carbocycles. The average Bonchev–Trinajstić information content (AvgIpc) is 2.35. The first-order chi connectivity index (χ1) is 8.04. The smallest absolute Gasteiger partial charge is 0.191 e. The number of Topliss-reactive ketones (excluding diaryl/α,β-unsaturated/α-hetero) is 1. The Hall–Kier alpha value is -0.570. The van der Waals surface area contributed by atoms with Gasteiger partial charge in [0, 0.05) is 6.54 Å². The number of nitrogens with one attached hydrogen (secondary N) is 1. The van der Waals surface area contributed by atoms with Gasteiger partial charge < -0.3 is 20.4 Å². The summed E-state index contributed by atoms with van der Waals surface area (Å²) in [5.41, 5.74) is 2.53. The Bertz CT molecular complexity index is 213. The molecular formula is C10H21NO6. The highest BCUT2D eigenvalue weighted by atomic mass is 16.6. The van der Waals surface area contributed by atoms with E-state index in [9.17, 15) is 15.0 Å². The minimum absolute atomic E-state index is 0.417. The van der Waals surface area contributed by atoms with Gasteiger partial charge in [-0.3, -0.25) is 9.63 Å². The summed E-state index contributed by atoms with van der Waals surface area (Å²) in [7, 11) is 0. The maximum atomic E-state index is 11.3. The van der Waals surface area contributed by atoms with Gasteiger partial charge in [0.25, 0.3) is 0 Å². The van der Waals surface area contributed by atoms with E-state index in [2.05, 4.69) is 5.48 Å². The third-order valence-corrected chi connectivity index (χ3v) is 2.18. The van der Waals surface area contributed by atoms with Crippen molar-refractivity contribution in [1.82, 2.24) is 5.48 Å². The maximum Gasteiger partial charge on any atom is 0.191 e. The van der Waals surface area contributed by atoms with Crippen molar-refractivity contribution >= 4 is 5.78 Å². The number of hydrogen-bond donors (Lipinski definition) is 5. The van der Waals surface area contributed by atoms with Crippen LogP contribution in [0, 0.1) is 0 Å². The lowest BCUT2D eigenvalue weighted by Gasteiger charge is -2.20. The molecule has 0 spiro atoms. The van der Waals surface area contributed by atoms with Crippen molar-refractivity contribution in [2.45, 2.75) is 38.1 Å². The molecule has 0 amide bonds. The van der Waals surface area contributed by atoms with E-state index in [0.717, 1.165) is 12.8 Å². The normalized spacial score (nSPS) is 16.5. The van der Waals surface area contributed by atoms with E-state index in [1.54, 1.807) is 0 Å². The number of ketones is 1. The van der Waals surface area contributed by atoms with Crippen molar-refractivity contribution in [2.24, 2.45) is 0 Å². The Labute approximate surface area is 100.0 Å². The molecule has 0 saturated heterocycles. The SMILES string of the molecule is CCCCNOCC(=O)[C@@H](O)[C@H](O)[C@H](O)CO. The standard InChI is InChI=1S/C10H21NO6/c1-2-3-4-11-17-6-8(14)10(16)9(15)7(13)5-12/h7,9-13,15-16H,2-6H2,1H3/t7-,9-,10-/m1/s1. The van der Waals surface area contributed by atoms with E-state index in [4.69, 9.17) is 15.1 Å². The van der Waals surface area contributed by atoms with E-state index in [0.29, 0.717) is 6.54 Å². The molecule has 0 heterocycles. The van der Waals surface area contributed by atoms with Gasteiger partial charge in [-0.05, 0) is 6.42 Å². The van der Waals surface area contributed by atoms with Crippen molar-refractivity contribution in [3.05, 3.63) is 0 Å². The molecule has 0 aliphatic heterocycles. The molecule has 0 aromatic rings. The molecule has 0 fully saturated rings. The second-order valence-corrected chi connectivity index (χ2v) is 3.69. The first-order valence-corrected chi connectivity index (χ1v) is 5.57. The van der Waals surface area contributed by atoms with Crippen molar-refractivity contribution < 1.29 is 30.1 Å². The van der Waals surface area contributed by atoms with Gasteiger partial charge in [-0.2, -0.15) is 0 Å². The van der Waals surface area contributed by atoms with E-state index < -0.39 is 37.3 Å². The van der Waals surface area contributed by atoms with Gasteiger partial charge in [0.15, 0.2) is 5.78 Å². The Balaban J connectivity index is 3.81. The second-order valence-electron chi connectivity index (χ2n) is 3.69. The Morgan fingerprint density at radius 1 is 1.35 bits per heavy atom. The summed E-state index contributed by atoms with van der Waals surface area (Å²) in [6.45, 7) is 1.44. The van der Waals surface area contributed by atoms with Crippen LogP contribution in [0.2, 0.25) is 0 Å². The van der Waals surface area contributed by atoms with Crippen LogP contribution in [-0.4, -0.2) is 64.3 Å². The average molecular weight is 251 g/mol. The lowest BCUT2D eigenvalue weighted by molar-refractivity contribution is -0.147. The van der Waals surface area contributed by atoms with Gasteiger partial charge >= 0.3 is 0 Å². The molecule has 0 bridgehead atoms. The summed E-state index contributed by atoms with van der Waals surface area (Å²) in [4.78, 5) is 16.0. The topological polar surface area (TPSA) is 119 Å². The quantitative estimate of drug-likeness (QED) is 0.224. The number of hydrogen-bond acceptors (Lipinski definition) is 7. The minimum Gasteiger partial charge on any atom is -0.394 e. The van der Waals surface area contributed by atoms with Crippen LogP contribution in [0.15, 0.2) is 0 Å². The van der Waals surface area contributed by atoms with Crippen molar-refractivity contribution in [3.8, 4) is 0 Å². The monoisotopic (exact) mass is 251 g/mol. The van der Waals surface area contributed by atoms with Gasteiger partial charge in [-0.15, -0.1) is 0 Å². The summed E-state index contributed by atoms with van der Waals surface area (Å²) < 4.78 is 0. The number of hydroxylamine groups is 1. The Kier molecular flexibility index (Phi) is 9.14. The number of carbonyl (C=O) groups is 1.